The van der Waals surface area contributed by atoms with Crippen LogP contribution in [0.25, 0.3) is 10.8 Å². The normalized spacial score (nSPS) is 15.0. The molecule has 0 atom stereocenters. The predicted molar refractivity (Wildman–Crippen MR) is 109 cm³/mol. The number of likely N-dealkylation sites (tertiary alicyclic amines) is 1. The van der Waals surface area contributed by atoms with Gasteiger partial charge in [-0.1, -0.05) is 30.3 Å². The number of nitrogens with zero attached hydrogens (tertiary/aromatic N) is 1. The van der Waals surface area contributed by atoms with Gasteiger partial charge in [0, 0.05) is 38.2 Å². The van der Waals surface area contributed by atoms with Crippen LogP contribution in [0.5, 0.6) is 0 Å². The summed E-state index contributed by atoms with van der Waals surface area (Å²) in [4.78, 5) is 36.3. The summed E-state index contributed by atoms with van der Waals surface area (Å²) in [5, 5.41) is 7.45. The first-order chi connectivity index (χ1) is 14.7. The molecule has 3 amide bonds. The molecule has 6 nitrogen and oxygen atoms in total. The number of nitrogens with one attached hydrogen (secondary N) is 2. The van der Waals surface area contributed by atoms with Gasteiger partial charge in [0.25, 0.3) is 5.91 Å². The highest BCUT2D eigenvalue weighted by Crippen LogP contribution is 2.23. The zero-order valence-corrected chi connectivity index (χ0v) is 16.9. The number of alkyl halides is 3. The third-order valence-electron chi connectivity index (χ3n) is 5.38. The van der Waals surface area contributed by atoms with Gasteiger partial charge in [-0.25, -0.2) is 0 Å². The zero-order valence-electron chi connectivity index (χ0n) is 16.9. The Morgan fingerprint density at radius 3 is 2.32 bits per heavy atom. The number of halogens is 3. The molecule has 0 saturated carbocycles. The van der Waals surface area contributed by atoms with E-state index in [1.54, 1.807) is 12.1 Å². The van der Waals surface area contributed by atoms with Crippen LogP contribution in [0.3, 0.4) is 0 Å². The maximum atomic E-state index is 12.5. The van der Waals surface area contributed by atoms with E-state index in [0.29, 0.717) is 24.9 Å². The van der Waals surface area contributed by atoms with Crippen LogP contribution in [0.1, 0.15) is 29.6 Å². The van der Waals surface area contributed by atoms with E-state index in [1.807, 2.05) is 30.3 Å². The minimum Gasteiger partial charge on any atom is -0.356 e. The number of hydrogen-bond donors (Lipinski definition) is 2. The summed E-state index contributed by atoms with van der Waals surface area (Å²) in [7, 11) is 0. The third-order valence-corrected chi connectivity index (χ3v) is 5.38. The molecule has 2 aromatic carbocycles. The molecule has 3 rings (SSSR count). The first-order valence-electron chi connectivity index (χ1n) is 10.1. The lowest BCUT2D eigenvalue weighted by Gasteiger charge is -2.32. The fourth-order valence-corrected chi connectivity index (χ4v) is 3.59. The van der Waals surface area contributed by atoms with E-state index in [4.69, 9.17) is 0 Å². The van der Waals surface area contributed by atoms with E-state index >= 15 is 0 Å². The van der Waals surface area contributed by atoms with Crippen molar-refractivity contribution >= 4 is 28.5 Å². The van der Waals surface area contributed by atoms with Crippen LogP contribution >= 0.6 is 0 Å². The van der Waals surface area contributed by atoms with Crippen LogP contribution in [-0.4, -0.2) is 55.0 Å². The minimum atomic E-state index is -4.85. The number of benzene rings is 2. The maximum Gasteiger partial charge on any atom is 0.471 e. The lowest BCUT2D eigenvalue weighted by molar-refractivity contribution is -0.186. The second kappa shape index (κ2) is 9.80. The summed E-state index contributed by atoms with van der Waals surface area (Å²) in [6, 6.07) is 13.1. The highest BCUT2D eigenvalue weighted by molar-refractivity contribution is 5.98. The van der Waals surface area contributed by atoms with Gasteiger partial charge in [-0.3, -0.25) is 14.4 Å². The SMILES string of the molecule is O=C(CCNC(=O)c1ccc2ccccc2c1)NCC1CCN(C(=O)C(F)(F)F)CC1. The third kappa shape index (κ3) is 6.19. The Hall–Kier alpha value is -3.10. The van der Waals surface area contributed by atoms with Crippen molar-refractivity contribution in [2.24, 2.45) is 5.92 Å². The van der Waals surface area contributed by atoms with Crippen LogP contribution < -0.4 is 10.6 Å². The number of carbonyl (C=O) groups excluding carboxylic acids is 3. The van der Waals surface area contributed by atoms with Gasteiger partial charge in [0.1, 0.15) is 0 Å². The second-order valence-electron chi connectivity index (χ2n) is 7.61. The number of fused-ring (bicyclic) bond motifs is 1. The zero-order chi connectivity index (χ0) is 22.4. The predicted octanol–water partition coefficient (Wildman–Crippen LogP) is 2.88. The maximum absolute atomic E-state index is 12.5. The molecule has 1 fully saturated rings. The quantitative estimate of drug-likeness (QED) is 0.733. The molecular formula is C22H24F3N3O3. The van der Waals surface area contributed by atoms with Crippen molar-refractivity contribution in [2.45, 2.75) is 25.4 Å². The Morgan fingerprint density at radius 1 is 0.968 bits per heavy atom. The van der Waals surface area contributed by atoms with Crippen LogP contribution in [0.15, 0.2) is 42.5 Å². The molecular weight excluding hydrogens is 411 g/mol. The van der Waals surface area contributed by atoms with Gasteiger partial charge in [0.2, 0.25) is 5.91 Å². The van der Waals surface area contributed by atoms with E-state index in [9.17, 15) is 27.6 Å². The largest absolute Gasteiger partial charge is 0.471 e. The Balaban J connectivity index is 1.35. The first kappa shape index (κ1) is 22.6. The van der Waals surface area contributed by atoms with Gasteiger partial charge < -0.3 is 15.5 Å². The van der Waals surface area contributed by atoms with Gasteiger partial charge in [0.05, 0.1) is 0 Å². The topological polar surface area (TPSA) is 78.5 Å². The monoisotopic (exact) mass is 435 g/mol. The van der Waals surface area contributed by atoms with Crippen molar-refractivity contribution < 1.29 is 27.6 Å². The number of rotatable bonds is 6. The molecule has 1 aliphatic rings. The lowest BCUT2D eigenvalue weighted by Crippen LogP contribution is -2.46. The molecule has 1 saturated heterocycles. The molecule has 0 bridgehead atoms. The fraction of sp³-hybridized carbons (Fsp3) is 0.409. The van der Waals surface area contributed by atoms with Crippen molar-refractivity contribution in [3.8, 4) is 0 Å². The van der Waals surface area contributed by atoms with Crippen molar-refractivity contribution in [1.29, 1.82) is 0 Å². The van der Waals surface area contributed by atoms with Crippen LogP contribution in [0.4, 0.5) is 13.2 Å². The summed E-state index contributed by atoms with van der Waals surface area (Å²) in [6.45, 7) is 0.572. The van der Waals surface area contributed by atoms with Crippen molar-refractivity contribution in [1.82, 2.24) is 15.5 Å². The summed E-state index contributed by atoms with van der Waals surface area (Å²) in [5.74, 6) is -2.29. The summed E-state index contributed by atoms with van der Waals surface area (Å²) < 4.78 is 37.4. The van der Waals surface area contributed by atoms with Gasteiger partial charge in [-0.2, -0.15) is 13.2 Å². The molecule has 0 radical (unpaired) electrons. The average Bonchev–Trinajstić information content (AvgIpc) is 2.76. The molecule has 1 heterocycles. The molecule has 1 aliphatic heterocycles. The summed E-state index contributed by atoms with van der Waals surface area (Å²) in [5.41, 5.74) is 0.513. The average molecular weight is 435 g/mol. The molecule has 0 unspecified atom stereocenters. The molecule has 0 spiro atoms. The Labute approximate surface area is 177 Å². The molecule has 31 heavy (non-hydrogen) atoms. The van der Waals surface area contributed by atoms with Crippen LogP contribution in [0.2, 0.25) is 0 Å². The number of carbonyl (C=O) groups is 3. The number of piperidine rings is 1. The Morgan fingerprint density at radius 2 is 1.65 bits per heavy atom. The van der Waals surface area contributed by atoms with Gasteiger partial charge >= 0.3 is 12.1 Å². The van der Waals surface area contributed by atoms with Crippen LogP contribution in [0, 0.1) is 5.92 Å². The smallest absolute Gasteiger partial charge is 0.356 e. The highest BCUT2D eigenvalue weighted by atomic mass is 19.4. The van der Waals surface area contributed by atoms with Crippen molar-refractivity contribution in [2.75, 3.05) is 26.2 Å². The van der Waals surface area contributed by atoms with Gasteiger partial charge in [0.15, 0.2) is 0 Å². The molecule has 0 aliphatic carbocycles. The minimum absolute atomic E-state index is 0.0217. The van der Waals surface area contributed by atoms with E-state index < -0.39 is 12.1 Å². The Kier molecular flexibility index (Phi) is 7.14. The van der Waals surface area contributed by atoms with Crippen molar-refractivity contribution in [3.05, 3.63) is 48.0 Å². The summed E-state index contributed by atoms with van der Waals surface area (Å²) in [6.07, 6.45) is -3.94. The molecule has 2 aromatic rings. The second-order valence-corrected chi connectivity index (χ2v) is 7.61. The number of amides is 3. The molecule has 0 aromatic heterocycles. The lowest BCUT2D eigenvalue weighted by atomic mass is 9.96. The van der Waals surface area contributed by atoms with E-state index in [0.717, 1.165) is 15.7 Å². The molecule has 2 N–H and O–H groups in total. The summed E-state index contributed by atoms with van der Waals surface area (Å²) >= 11 is 0. The van der Waals surface area contributed by atoms with Crippen molar-refractivity contribution in [3.63, 3.8) is 0 Å². The first-order valence-corrected chi connectivity index (χ1v) is 10.1. The van der Waals surface area contributed by atoms with E-state index in [1.165, 1.54) is 0 Å². The molecule has 9 heteroatoms. The highest BCUT2D eigenvalue weighted by Gasteiger charge is 2.43. The molecule has 166 valence electrons. The Bertz CT molecular complexity index is 954. The standard InChI is InChI=1S/C22H24F3N3O3/c23-22(24,25)21(31)28-11-8-15(9-12-28)14-27-19(29)7-10-26-20(30)18-6-5-16-3-1-2-4-17(16)13-18/h1-6,13,15H,7-12,14H2,(H,26,30)(H,27,29). The van der Waals surface area contributed by atoms with Gasteiger partial charge in [-0.15, -0.1) is 0 Å². The van der Waals surface area contributed by atoms with E-state index in [-0.39, 0.29) is 43.8 Å². The fourth-order valence-electron chi connectivity index (χ4n) is 3.59. The van der Waals surface area contributed by atoms with Gasteiger partial charge in [-0.05, 0) is 41.7 Å². The van der Waals surface area contributed by atoms with E-state index in [2.05, 4.69) is 10.6 Å². The number of hydrogen-bond acceptors (Lipinski definition) is 3. The van der Waals surface area contributed by atoms with Crippen LogP contribution in [-0.2, 0) is 9.59 Å².